The van der Waals surface area contributed by atoms with Gasteiger partial charge in [0, 0.05) is 6.54 Å². The van der Waals surface area contributed by atoms with Gasteiger partial charge in [-0.1, -0.05) is 48.7 Å². The van der Waals surface area contributed by atoms with Crippen molar-refractivity contribution in [1.29, 1.82) is 0 Å². The van der Waals surface area contributed by atoms with Gasteiger partial charge in [-0.3, -0.25) is 0 Å². The van der Waals surface area contributed by atoms with Crippen LogP contribution in [-0.4, -0.2) is 56.3 Å². The van der Waals surface area contributed by atoms with Crippen molar-refractivity contribution in [3.63, 3.8) is 0 Å². The zero-order valence-corrected chi connectivity index (χ0v) is 19.5. The van der Waals surface area contributed by atoms with Gasteiger partial charge in [-0.15, -0.1) is 0 Å². The van der Waals surface area contributed by atoms with E-state index in [2.05, 4.69) is 0 Å². The number of nitrogens with zero attached hydrogens (tertiary/aromatic N) is 3. The van der Waals surface area contributed by atoms with Gasteiger partial charge in [0.1, 0.15) is 6.67 Å². The summed E-state index contributed by atoms with van der Waals surface area (Å²) in [4.78, 5) is 14.3. The smallest absolute Gasteiger partial charge is 0.310 e. The molecule has 1 saturated heterocycles. The van der Waals surface area contributed by atoms with Gasteiger partial charge in [0.2, 0.25) is 10.0 Å². The van der Waals surface area contributed by atoms with E-state index >= 15 is 0 Å². The van der Waals surface area contributed by atoms with Crippen molar-refractivity contribution in [2.24, 2.45) is 0 Å². The first-order valence-corrected chi connectivity index (χ1v) is 12.9. The van der Waals surface area contributed by atoms with Crippen LogP contribution in [0.5, 0.6) is 0 Å². The van der Waals surface area contributed by atoms with Gasteiger partial charge in [-0.2, -0.15) is 4.31 Å². The Morgan fingerprint density at radius 1 is 0.774 bits per heavy atom. The minimum Gasteiger partial charge on any atom is -0.310 e. The van der Waals surface area contributed by atoms with Crippen molar-refractivity contribution in [3.8, 4) is 0 Å². The topological polar surface area (TPSA) is 95.1 Å². The minimum absolute atomic E-state index is 0.0515. The Kier molecular flexibility index (Phi) is 6.73. The molecule has 0 spiro atoms. The molecule has 0 aromatic heterocycles. The lowest BCUT2D eigenvalue weighted by Crippen LogP contribution is -2.60. The fourth-order valence-electron chi connectivity index (χ4n) is 3.20. The van der Waals surface area contributed by atoms with Crippen LogP contribution in [0.2, 0.25) is 0 Å². The van der Waals surface area contributed by atoms with Crippen LogP contribution in [0.15, 0.2) is 58.3 Å². The molecule has 1 fully saturated rings. The van der Waals surface area contributed by atoms with E-state index in [4.69, 9.17) is 0 Å². The van der Waals surface area contributed by atoms with E-state index in [-0.39, 0.29) is 23.0 Å². The van der Waals surface area contributed by atoms with Gasteiger partial charge in [0.15, 0.2) is 0 Å². The van der Waals surface area contributed by atoms with Crippen molar-refractivity contribution in [2.75, 3.05) is 19.9 Å². The summed E-state index contributed by atoms with van der Waals surface area (Å²) in [6.07, 6.45) is 1.40. The molecule has 0 bridgehead atoms. The van der Waals surface area contributed by atoms with Gasteiger partial charge in [-0.05, 0) is 44.5 Å². The summed E-state index contributed by atoms with van der Waals surface area (Å²) in [5, 5.41) is 0. The summed E-state index contributed by atoms with van der Waals surface area (Å²) in [7, 11) is -8.24. The summed E-state index contributed by atoms with van der Waals surface area (Å²) < 4.78 is 54.6. The number of carbonyl (C=O) groups is 1. The Morgan fingerprint density at radius 2 is 1.26 bits per heavy atom. The van der Waals surface area contributed by atoms with Crippen LogP contribution in [0.1, 0.15) is 30.9 Å². The van der Waals surface area contributed by atoms with Gasteiger partial charge >= 0.3 is 6.03 Å². The third-order valence-corrected chi connectivity index (χ3v) is 8.65. The van der Waals surface area contributed by atoms with E-state index in [0.29, 0.717) is 10.7 Å². The Bertz CT molecular complexity index is 1140. The highest BCUT2D eigenvalue weighted by Crippen LogP contribution is 2.26. The van der Waals surface area contributed by atoms with E-state index in [1.807, 2.05) is 20.8 Å². The summed E-state index contributed by atoms with van der Waals surface area (Å²) >= 11 is 0. The molecule has 0 N–H and O–H groups in total. The molecule has 2 aromatic carbocycles. The van der Waals surface area contributed by atoms with E-state index in [1.165, 1.54) is 29.2 Å². The maximum atomic E-state index is 13.2. The normalized spacial score (nSPS) is 16.0. The molecule has 10 heteroatoms. The van der Waals surface area contributed by atoms with Crippen LogP contribution >= 0.6 is 0 Å². The third kappa shape index (κ3) is 4.76. The van der Waals surface area contributed by atoms with E-state index in [0.717, 1.165) is 21.9 Å². The lowest BCUT2D eigenvalue weighted by Gasteiger charge is -2.40. The summed E-state index contributed by atoms with van der Waals surface area (Å²) in [6, 6.07) is 11.7. The molecule has 8 nitrogen and oxygen atoms in total. The monoisotopic (exact) mass is 465 g/mol. The number of urea groups is 1. The van der Waals surface area contributed by atoms with E-state index in [9.17, 15) is 21.6 Å². The molecule has 0 aliphatic carbocycles. The maximum absolute atomic E-state index is 13.2. The van der Waals surface area contributed by atoms with Gasteiger partial charge in [0.05, 0.1) is 16.5 Å². The van der Waals surface area contributed by atoms with Gasteiger partial charge in [0.25, 0.3) is 10.0 Å². The molecule has 2 aromatic rings. The standard InChI is InChI=1S/C21H27N3O5S2/c1-4-5-14-22-15-23(30(26,27)19-10-6-17(2)7-11-19)16-24(21(22)25)31(28,29)20-12-8-18(3)9-13-20/h6-13H,4-5,14-16H2,1-3H3. The zero-order chi connectivity index (χ0) is 22.8. The lowest BCUT2D eigenvalue weighted by atomic mass is 10.2. The zero-order valence-electron chi connectivity index (χ0n) is 17.9. The number of amides is 2. The Hall–Kier alpha value is -2.43. The second-order valence-electron chi connectivity index (χ2n) is 7.62. The molecule has 0 atom stereocenters. The number of unbranched alkanes of at least 4 members (excludes halogenated alkanes) is 1. The summed E-state index contributed by atoms with van der Waals surface area (Å²) in [6.45, 7) is 5.09. The number of rotatable bonds is 7. The highest BCUT2D eigenvalue weighted by molar-refractivity contribution is 7.90. The maximum Gasteiger partial charge on any atom is 0.336 e. The molecular formula is C21H27N3O5S2. The number of carbonyl (C=O) groups excluding carboxylic acids is 1. The summed E-state index contributed by atoms with van der Waals surface area (Å²) in [5.41, 5.74) is 1.78. The van der Waals surface area contributed by atoms with Crippen molar-refractivity contribution < 1.29 is 21.6 Å². The van der Waals surface area contributed by atoms with Gasteiger partial charge in [-0.25, -0.2) is 25.9 Å². The Balaban J connectivity index is 2.01. The highest BCUT2D eigenvalue weighted by Gasteiger charge is 2.42. The lowest BCUT2D eigenvalue weighted by molar-refractivity contribution is 0.109. The molecule has 0 unspecified atom stereocenters. The van der Waals surface area contributed by atoms with Crippen molar-refractivity contribution in [1.82, 2.24) is 13.5 Å². The van der Waals surface area contributed by atoms with Crippen molar-refractivity contribution in [3.05, 3.63) is 59.7 Å². The molecule has 0 radical (unpaired) electrons. The first kappa shape index (κ1) is 23.2. The van der Waals surface area contributed by atoms with Crippen molar-refractivity contribution >= 4 is 26.1 Å². The number of sulfonamides is 2. The number of aryl methyl sites for hydroxylation is 2. The van der Waals surface area contributed by atoms with E-state index in [1.54, 1.807) is 24.3 Å². The molecular weight excluding hydrogens is 438 g/mol. The average Bonchev–Trinajstić information content (AvgIpc) is 2.73. The van der Waals surface area contributed by atoms with Crippen molar-refractivity contribution in [2.45, 2.75) is 43.4 Å². The molecule has 3 rings (SSSR count). The molecule has 0 saturated carbocycles. The highest BCUT2D eigenvalue weighted by atomic mass is 32.2. The van der Waals surface area contributed by atoms with Crippen LogP contribution in [-0.2, 0) is 20.0 Å². The predicted octanol–water partition coefficient (Wildman–Crippen LogP) is 3.14. The summed E-state index contributed by atoms with van der Waals surface area (Å²) in [5.74, 6) is 0. The van der Waals surface area contributed by atoms with Crippen LogP contribution in [0.4, 0.5) is 4.79 Å². The molecule has 1 aliphatic rings. The average molecular weight is 466 g/mol. The van der Waals surface area contributed by atoms with Crippen LogP contribution in [0, 0.1) is 13.8 Å². The first-order chi connectivity index (χ1) is 14.6. The Labute approximate surface area is 184 Å². The first-order valence-electron chi connectivity index (χ1n) is 10.0. The molecule has 1 heterocycles. The predicted molar refractivity (Wildman–Crippen MR) is 117 cm³/mol. The van der Waals surface area contributed by atoms with Crippen LogP contribution in [0.25, 0.3) is 0 Å². The third-order valence-electron chi connectivity index (χ3n) is 5.15. The molecule has 168 valence electrons. The minimum atomic E-state index is -4.23. The molecule has 31 heavy (non-hydrogen) atoms. The second-order valence-corrected chi connectivity index (χ2v) is 11.4. The molecule has 2 amide bonds. The Morgan fingerprint density at radius 3 is 1.74 bits per heavy atom. The molecule has 1 aliphatic heterocycles. The number of benzene rings is 2. The van der Waals surface area contributed by atoms with Gasteiger partial charge < -0.3 is 4.90 Å². The fourth-order valence-corrected chi connectivity index (χ4v) is 5.96. The fraction of sp³-hybridized carbons (Fsp3) is 0.381. The number of hydrogen-bond acceptors (Lipinski definition) is 5. The quantitative estimate of drug-likeness (QED) is 0.626. The van der Waals surface area contributed by atoms with E-state index < -0.39 is 32.7 Å². The number of hydrogen-bond donors (Lipinski definition) is 0. The second kappa shape index (κ2) is 8.97. The largest absolute Gasteiger partial charge is 0.336 e. The van der Waals surface area contributed by atoms with Crippen LogP contribution in [0.3, 0.4) is 0 Å². The SMILES string of the molecule is CCCCN1CN(S(=O)(=O)c2ccc(C)cc2)CN(S(=O)(=O)c2ccc(C)cc2)C1=O. The van der Waals surface area contributed by atoms with Crippen LogP contribution < -0.4 is 0 Å².